The number of aryl methyl sites for hydroxylation is 1. The summed E-state index contributed by atoms with van der Waals surface area (Å²) in [4.78, 5) is 0.170. The van der Waals surface area contributed by atoms with Gasteiger partial charge in [-0.25, -0.2) is 0 Å². The van der Waals surface area contributed by atoms with Gasteiger partial charge in [0.2, 0.25) is 0 Å². The average Bonchev–Trinajstić information content (AvgIpc) is 2.85. The van der Waals surface area contributed by atoms with Crippen LogP contribution in [0.2, 0.25) is 0 Å². The number of rotatable bonds is 1. The van der Waals surface area contributed by atoms with Gasteiger partial charge in [-0.3, -0.25) is 5.32 Å². The first-order valence-corrected chi connectivity index (χ1v) is 6.81. The molecule has 2 unspecified atom stereocenters. The molecular formula is C13H17NOS. The first-order valence-electron chi connectivity index (χ1n) is 5.82. The second-order valence-corrected chi connectivity index (χ2v) is 6.03. The lowest BCUT2D eigenvalue weighted by Gasteiger charge is -2.25. The summed E-state index contributed by atoms with van der Waals surface area (Å²) < 4.78 is 5.33. The number of benzene rings is 1. The summed E-state index contributed by atoms with van der Waals surface area (Å²) in [5.41, 5.74) is 2.93. The van der Waals surface area contributed by atoms with Gasteiger partial charge in [0.05, 0.1) is 12.0 Å². The van der Waals surface area contributed by atoms with Gasteiger partial charge in [-0.05, 0) is 43.0 Å². The van der Waals surface area contributed by atoms with Crippen molar-refractivity contribution in [2.75, 3.05) is 12.9 Å². The number of hydrogen-bond acceptors (Lipinski definition) is 3. The minimum absolute atomic E-state index is 0.170. The third kappa shape index (κ3) is 1.45. The Bertz CT molecular complexity index is 416. The van der Waals surface area contributed by atoms with Gasteiger partial charge in [0.1, 0.15) is 5.75 Å². The van der Waals surface area contributed by atoms with Gasteiger partial charge >= 0.3 is 0 Å². The van der Waals surface area contributed by atoms with Crippen molar-refractivity contribution in [1.29, 1.82) is 0 Å². The molecule has 0 amide bonds. The highest BCUT2D eigenvalue weighted by atomic mass is 32.2. The molecule has 1 fully saturated rings. The maximum absolute atomic E-state index is 5.33. The van der Waals surface area contributed by atoms with Gasteiger partial charge in [-0.1, -0.05) is 6.07 Å². The molecule has 0 saturated carbocycles. The van der Waals surface area contributed by atoms with Crippen LogP contribution in [0.3, 0.4) is 0 Å². The molecule has 1 saturated heterocycles. The van der Waals surface area contributed by atoms with Crippen molar-refractivity contribution in [3.05, 3.63) is 29.3 Å². The minimum Gasteiger partial charge on any atom is -0.497 e. The smallest absolute Gasteiger partial charge is 0.119 e. The van der Waals surface area contributed by atoms with Crippen molar-refractivity contribution in [3.63, 3.8) is 0 Å². The van der Waals surface area contributed by atoms with Crippen molar-refractivity contribution in [2.24, 2.45) is 0 Å². The molecule has 1 N–H and O–H groups in total. The summed E-state index contributed by atoms with van der Waals surface area (Å²) >= 11 is 2.06. The highest BCUT2D eigenvalue weighted by Crippen LogP contribution is 2.49. The Morgan fingerprint density at radius 3 is 3.06 bits per heavy atom. The summed E-state index contributed by atoms with van der Waals surface area (Å²) in [6.45, 7) is 2.26. The largest absolute Gasteiger partial charge is 0.497 e. The first kappa shape index (κ1) is 10.5. The van der Waals surface area contributed by atoms with E-state index in [0.717, 1.165) is 5.75 Å². The van der Waals surface area contributed by atoms with Crippen LogP contribution in [0.4, 0.5) is 0 Å². The van der Waals surface area contributed by atoms with Crippen LogP contribution in [-0.2, 0) is 11.3 Å². The van der Waals surface area contributed by atoms with Crippen LogP contribution in [0.15, 0.2) is 18.2 Å². The highest BCUT2D eigenvalue weighted by Gasteiger charge is 2.44. The summed E-state index contributed by atoms with van der Waals surface area (Å²) in [6, 6.07) is 7.11. The van der Waals surface area contributed by atoms with E-state index in [-0.39, 0.29) is 4.87 Å². The van der Waals surface area contributed by atoms with Gasteiger partial charge in [0.15, 0.2) is 0 Å². The fourth-order valence-corrected chi connectivity index (χ4v) is 4.26. The monoisotopic (exact) mass is 235 g/mol. The second-order valence-electron chi connectivity index (χ2n) is 4.71. The molecule has 16 heavy (non-hydrogen) atoms. The molecule has 1 aliphatic heterocycles. The normalized spacial score (nSPS) is 32.0. The van der Waals surface area contributed by atoms with Crippen LogP contribution in [0.5, 0.6) is 5.75 Å². The Kier molecular flexibility index (Phi) is 2.41. The van der Waals surface area contributed by atoms with Crippen molar-refractivity contribution < 1.29 is 4.74 Å². The van der Waals surface area contributed by atoms with Gasteiger partial charge in [-0.2, -0.15) is 0 Å². The van der Waals surface area contributed by atoms with E-state index in [1.807, 2.05) is 0 Å². The van der Waals surface area contributed by atoms with Crippen LogP contribution in [-0.4, -0.2) is 18.9 Å². The van der Waals surface area contributed by atoms with Crippen LogP contribution in [0, 0.1) is 0 Å². The first-order chi connectivity index (χ1) is 7.73. The number of thioether (sulfide) groups is 1. The van der Waals surface area contributed by atoms with E-state index < -0.39 is 0 Å². The Labute approximate surface area is 101 Å². The number of hydrogen-bond donors (Lipinski definition) is 1. The predicted molar refractivity (Wildman–Crippen MR) is 68.0 cm³/mol. The average molecular weight is 235 g/mol. The Hall–Kier alpha value is -0.670. The van der Waals surface area contributed by atoms with E-state index in [9.17, 15) is 0 Å². The van der Waals surface area contributed by atoms with Gasteiger partial charge < -0.3 is 4.74 Å². The minimum atomic E-state index is 0.170. The summed E-state index contributed by atoms with van der Waals surface area (Å²) in [7, 11) is 1.74. The zero-order chi connectivity index (χ0) is 11.2. The zero-order valence-corrected chi connectivity index (χ0v) is 10.6. The predicted octanol–water partition coefficient (Wildman–Crippen LogP) is 2.52. The highest BCUT2D eigenvalue weighted by molar-refractivity contribution is 8.00. The maximum Gasteiger partial charge on any atom is 0.119 e. The Morgan fingerprint density at radius 2 is 2.38 bits per heavy atom. The molecule has 1 aliphatic carbocycles. The summed E-state index contributed by atoms with van der Waals surface area (Å²) in [6.07, 6.45) is 2.40. The molecule has 1 spiro atoms. The molecule has 1 aromatic rings. The Morgan fingerprint density at radius 1 is 1.50 bits per heavy atom. The molecule has 3 rings (SSSR count). The topological polar surface area (TPSA) is 21.3 Å². The molecule has 0 bridgehead atoms. The lowest BCUT2D eigenvalue weighted by molar-refractivity contribution is 0.411. The van der Waals surface area contributed by atoms with E-state index in [4.69, 9.17) is 4.74 Å². The van der Waals surface area contributed by atoms with Crippen LogP contribution in [0.1, 0.15) is 24.5 Å². The van der Waals surface area contributed by atoms with Gasteiger partial charge in [-0.15, -0.1) is 11.8 Å². The van der Waals surface area contributed by atoms with Crippen molar-refractivity contribution in [2.45, 2.75) is 30.7 Å². The number of fused-ring (bicyclic) bond motifs is 2. The molecule has 2 aliphatic rings. The van der Waals surface area contributed by atoms with Crippen LogP contribution >= 0.6 is 11.8 Å². The maximum atomic E-state index is 5.33. The van der Waals surface area contributed by atoms with E-state index >= 15 is 0 Å². The van der Waals surface area contributed by atoms with E-state index in [1.54, 1.807) is 7.11 Å². The molecule has 86 valence electrons. The fourth-order valence-electron chi connectivity index (χ4n) is 2.77. The molecular weight excluding hydrogens is 218 g/mol. The van der Waals surface area contributed by atoms with E-state index in [1.165, 1.54) is 29.7 Å². The zero-order valence-electron chi connectivity index (χ0n) is 9.75. The molecule has 3 heteroatoms. The molecule has 0 radical (unpaired) electrons. The Balaban J connectivity index is 2.03. The number of ether oxygens (including phenoxy) is 1. The number of nitrogens with one attached hydrogen (secondary N) is 1. The van der Waals surface area contributed by atoms with Gasteiger partial charge in [0.25, 0.3) is 0 Å². The third-order valence-corrected chi connectivity index (χ3v) is 5.26. The molecule has 2 nitrogen and oxygen atoms in total. The van der Waals surface area contributed by atoms with Crippen molar-refractivity contribution in [1.82, 2.24) is 5.32 Å². The van der Waals surface area contributed by atoms with E-state index in [0.29, 0.717) is 6.04 Å². The number of methoxy groups -OCH3 is 1. The van der Waals surface area contributed by atoms with Gasteiger partial charge in [0, 0.05) is 11.8 Å². The van der Waals surface area contributed by atoms with Crippen molar-refractivity contribution >= 4 is 11.8 Å². The lowest BCUT2D eigenvalue weighted by atomic mass is 10.1. The third-order valence-electron chi connectivity index (χ3n) is 3.56. The summed E-state index contributed by atoms with van der Waals surface area (Å²) in [5, 5.41) is 3.74. The molecule has 2 atom stereocenters. The molecule has 1 aromatic carbocycles. The van der Waals surface area contributed by atoms with Crippen LogP contribution in [0.25, 0.3) is 0 Å². The fraction of sp³-hybridized carbons (Fsp3) is 0.538. The quantitative estimate of drug-likeness (QED) is 0.808. The molecule has 1 heterocycles. The SMILES string of the molecule is COc1ccc2c(c1)C1(CC2)NC(C)CS1. The van der Waals surface area contributed by atoms with E-state index in [2.05, 4.69) is 42.2 Å². The summed E-state index contributed by atoms with van der Waals surface area (Å²) in [5.74, 6) is 2.18. The molecule has 0 aromatic heterocycles. The van der Waals surface area contributed by atoms with Crippen molar-refractivity contribution in [3.8, 4) is 5.75 Å². The second kappa shape index (κ2) is 3.67. The standard InChI is InChI=1S/C13H17NOS/c1-9-8-16-13(14-9)6-5-10-3-4-11(15-2)7-12(10)13/h3-4,7,9,14H,5-6,8H2,1-2H3. The lowest BCUT2D eigenvalue weighted by Crippen LogP contribution is -2.36. The van der Waals surface area contributed by atoms with Crippen LogP contribution < -0.4 is 10.1 Å².